The van der Waals surface area contributed by atoms with Crippen LogP contribution in [0.4, 0.5) is 10.5 Å². The third-order valence-corrected chi connectivity index (χ3v) is 4.10. The summed E-state index contributed by atoms with van der Waals surface area (Å²) in [5.41, 5.74) is 0.531. The SMILES string of the molecule is O=C1O[C@@]2(CCCNCC2)CN1c1ccc(Cl)cc1. The quantitative estimate of drug-likeness (QED) is 0.860. The predicted molar refractivity (Wildman–Crippen MR) is 74.7 cm³/mol. The molecule has 1 N–H and O–H groups in total. The molecule has 1 atom stereocenters. The van der Waals surface area contributed by atoms with Crippen molar-refractivity contribution in [3.63, 3.8) is 0 Å². The Balaban J connectivity index is 1.81. The topological polar surface area (TPSA) is 41.6 Å². The van der Waals surface area contributed by atoms with Crippen molar-refractivity contribution in [3.8, 4) is 0 Å². The monoisotopic (exact) mass is 280 g/mol. The molecule has 0 unspecified atom stereocenters. The second-order valence-electron chi connectivity index (χ2n) is 5.22. The number of nitrogens with one attached hydrogen (secondary N) is 1. The van der Waals surface area contributed by atoms with Gasteiger partial charge in [-0.1, -0.05) is 11.6 Å². The fourth-order valence-electron chi connectivity index (χ4n) is 2.80. The van der Waals surface area contributed by atoms with Crippen LogP contribution in [0.3, 0.4) is 0 Å². The molecule has 0 aliphatic carbocycles. The summed E-state index contributed by atoms with van der Waals surface area (Å²) in [6, 6.07) is 7.31. The molecule has 0 radical (unpaired) electrons. The molecule has 1 aromatic carbocycles. The first-order valence-electron chi connectivity index (χ1n) is 6.65. The van der Waals surface area contributed by atoms with Crippen LogP contribution >= 0.6 is 11.6 Å². The van der Waals surface area contributed by atoms with Gasteiger partial charge < -0.3 is 10.1 Å². The van der Waals surface area contributed by atoms with E-state index in [0.717, 1.165) is 38.0 Å². The summed E-state index contributed by atoms with van der Waals surface area (Å²) in [5, 5.41) is 4.02. The second-order valence-corrected chi connectivity index (χ2v) is 5.65. The van der Waals surface area contributed by atoms with Crippen molar-refractivity contribution in [1.29, 1.82) is 0 Å². The number of hydrogen-bond donors (Lipinski definition) is 1. The van der Waals surface area contributed by atoms with Crippen molar-refractivity contribution in [2.24, 2.45) is 0 Å². The van der Waals surface area contributed by atoms with Crippen LogP contribution in [0, 0.1) is 0 Å². The van der Waals surface area contributed by atoms with Crippen LogP contribution in [0.25, 0.3) is 0 Å². The molecule has 0 aromatic heterocycles. The number of benzene rings is 1. The van der Waals surface area contributed by atoms with Gasteiger partial charge in [0, 0.05) is 17.1 Å². The minimum Gasteiger partial charge on any atom is -0.441 e. The van der Waals surface area contributed by atoms with Gasteiger partial charge in [0.25, 0.3) is 0 Å². The van der Waals surface area contributed by atoms with E-state index in [9.17, 15) is 4.79 Å². The maximum Gasteiger partial charge on any atom is 0.415 e. The molecule has 0 saturated carbocycles. The van der Waals surface area contributed by atoms with Crippen molar-refractivity contribution in [2.45, 2.75) is 24.9 Å². The van der Waals surface area contributed by atoms with Crippen molar-refractivity contribution >= 4 is 23.4 Å². The summed E-state index contributed by atoms with van der Waals surface area (Å²) in [6.45, 7) is 2.54. The molecule has 3 rings (SSSR count). The number of anilines is 1. The van der Waals surface area contributed by atoms with Gasteiger partial charge in [0.15, 0.2) is 0 Å². The normalized spacial score (nSPS) is 27.4. The van der Waals surface area contributed by atoms with Crippen LogP contribution in [-0.2, 0) is 4.74 Å². The summed E-state index contributed by atoms with van der Waals surface area (Å²) < 4.78 is 5.68. The molecule has 1 aromatic rings. The van der Waals surface area contributed by atoms with Crippen molar-refractivity contribution in [3.05, 3.63) is 29.3 Å². The lowest BCUT2D eigenvalue weighted by atomic mass is 9.95. The van der Waals surface area contributed by atoms with Gasteiger partial charge >= 0.3 is 6.09 Å². The maximum atomic E-state index is 12.1. The highest BCUT2D eigenvalue weighted by atomic mass is 35.5. The fourth-order valence-corrected chi connectivity index (χ4v) is 2.93. The van der Waals surface area contributed by atoms with E-state index in [1.54, 1.807) is 17.0 Å². The summed E-state index contributed by atoms with van der Waals surface area (Å²) in [6.07, 6.45) is 2.60. The van der Waals surface area contributed by atoms with Gasteiger partial charge in [-0.15, -0.1) is 0 Å². The van der Waals surface area contributed by atoms with E-state index < -0.39 is 0 Å². The number of carbonyl (C=O) groups excluding carboxylic acids is 1. The van der Waals surface area contributed by atoms with Crippen molar-refractivity contribution in [1.82, 2.24) is 5.32 Å². The van der Waals surface area contributed by atoms with E-state index in [-0.39, 0.29) is 11.7 Å². The molecule has 2 aliphatic heterocycles. The Morgan fingerprint density at radius 1 is 1.21 bits per heavy atom. The average molecular weight is 281 g/mol. The summed E-state index contributed by atoms with van der Waals surface area (Å²) in [7, 11) is 0. The van der Waals surface area contributed by atoms with Gasteiger partial charge in [-0.05, 0) is 50.2 Å². The van der Waals surface area contributed by atoms with E-state index in [4.69, 9.17) is 16.3 Å². The van der Waals surface area contributed by atoms with Crippen LogP contribution in [-0.4, -0.2) is 31.3 Å². The molecule has 5 heteroatoms. The van der Waals surface area contributed by atoms with Crippen molar-refractivity contribution < 1.29 is 9.53 Å². The molecule has 102 valence electrons. The molecule has 1 spiro atoms. The highest BCUT2D eigenvalue weighted by molar-refractivity contribution is 6.30. The average Bonchev–Trinajstić information content (AvgIpc) is 2.58. The smallest absolute Gasteiger partial charge is 0.415 e. The lowest BCUT2D eigenvalue weighted by Crippen LogP contribution is -2.35. The lowest BCUT2D eigenvalue weighted by molar-refractivity contribution is 0.0470. The fraction of sp³-hybridized carbons (Fsp3) is 0.500. The zero-order chi connectivity index (χ0) is 13.3. The summed E-state index contributed by atoms with van der Waals surface area (Å²) >= 11 is 5.88. The third kappa shape index (κ3) is 2.55. The van der Waals surface area contributed by atoms with E-state index in [0.29, 0.717) is 11.6 Å². The van der Waals surface area contributed by atoms with Gasteiger partial charge in [0.2, 0.25) is 0 Å². The number of rotatable bonds is 1. The standard InChI is InChI=1S/C14H17ClN2O2/c15-11-2-4-12(5-3-11)17-10-14(19-13(17)18)6-1-8-16-9-7-14/h2-5,16H,1,6-10H2/t14-/m1/s1. The highest BCUT2D eigenvalue weighted by Gasteiger charge is 2.45. The molecule has 2 saturated heterocycles. The lowest BCUT2D eigenvalue weighted by Gasteiger charge is -2.24. The van der Waals surface area contributed by atoms with Crippen molar-refractivity contribution in [2.75, 3.05) is 24.5 Å². The second kappa shape index (κ2) is 5.02. The highest BCUT2D eigenvalue weighted by Crippen LogP contribution is 2.34. The first-order valence-corrected chi connectivity index (χ1v) is 7.03. The van der Waals surface area contributed by atoms with Gasteiger partial charge in [-0.2, -0.15) is 0 Å². The Kier molecular flexibility index (Phi) is 3.37. The summed E-state index contributed by atoms with van der Waals surface area (Å²) in [5.74, 6) is 0. The number of amides is 1. The minimum absolute atomic E-state index is 0.246. The van der Waals surface area contributed by atoms with Gasteiger partial charge in [-0.3, -0.25) is 4.90 Å². The predicted octanol–water partition coefficient (Wildman–Crippen LogP) is 2.81. The van der Waals surface area contributed by atoms with Crippen LogP contribution in [0.15, 0.2) is 24.3 Å². The maximum absolute atomic E-state index is 12.1. The molecular weight excluding hydrogens is 264 g/mol. The van der Waals surface area contributed by atoms with Gasteiger partial charge in [-0.25, -0.2) is 4.79 Å². The van der Waals surface area contributed by atoms with Gasteiger partial charge in [0.05, 0.1) is 6.54 Å². The Hall–Kier alpha value is -1.26. The van der Waals surface area contributed by atoms with Crippen LogP contribution in [0.1, 0.15) is 19.3 Å². The van der Waals surface area contributed by atoms with E-state index in [2.05, 4.69) is 5.32 Å². The molecule has 2 aliphatic rings. The van der Waals surface area contributed by atoms with E-state index >= 15 is 0 Å². The first kappa shape index (κ1) is 12.8. The Morgan fingerprint density at radius 3 is 2.79 bits per heavy atom. The van der Waals surface area contributed by atoms with Crippen LogP contribution in [0.2, 0.25) is 5.02 Å². The molecule has 0 bridgehead atoms. The van der Waals surface area contributed by atoms with Gasteiger partial charge in [0.1, 0.15) is 5.60 Å². The van der Waals surface area contributed by atoms with Crippen LogP contribution in [0.5, 0.6) is 0 Å². The molecule has 4 nitrogen and oxygen atoms in total. The zero-order valence-corrected chi connectivity index (χ0v) is 11.4. The molecular formula is C14H17ClN2O2. The third-order valence-electron chi connectivity index (χ3n) is 3.85. The zero-order valence-electron chi connectivity index (χ0n) is 10.7. The largest absolute Gasteiger partial charge is 0.441 e. The van der Waals surface area contributed by atoms with Crippen LogP contribution < -0.4 is 10.2 Å². The molecule has 1 amide bonds. The molecule has 2 heterocycles. The number of hydrogen-bond acceptors (Lipinski definition) is 3. The number of nitrogens with zero attached hydrogens (tertiary/aromatic N) is 1. The Bertz CT molecular complexity index is 467. The number of carbonyl (C=O) groups is 1. The Labute approximate surface area is 117 Å². The number of ether oxygens (including phenoxy) is 1. The Morgan fingerprint density at radius 2 is 2.00 bits per heavy atom. The summed E-state index contributed by atoms with van der Waals surface area (Å²) in [4.78, 5) is 13.8. The van der Waals surface area contributed by atoms with E-state index in [1.807, 2.05) is 12.1 Å². The molecule has 19 heavy (non-hydrogen) atoms. The molecule has 2 fully saturated rings. The number of halogens is 1. The first-order chi connectivity index (χ1) is 9.19. The van der Waals surface area contributed by atoms with E-state index in [1.165, 1.54) is 0 Å². The minimum atomic E-state index is -0.319.